The fourth-order valence-corrected chi connectivity index (χ4v) is 18.7. The Hall–Kier alpha value is -5.78. The van der Waals surface area contributed by atoms with Crippen molar-refractivity contribution in [2.24, 2.45) is 4.99 Å². The maximum atomic E-state index is 13.4. The van der Waals surface area contributed by atoms with Crippen LogP contribution in [0.15, 0.2) is 129 Å². The number of aliphatic imine (C=N–C) groups is 1. The number of amides is 3. The topological polar surface area (TPSA) is 320 Å². The number of likely N-dealkylation sites (N-methyl/N-ethyl adjacent to an activating group) is 3. The van der Waals surface area contributed by atoms with Crippen LogP contribution in [0.3, 0.4) is 0 Å². The van der Waals surface area contributed by atoms with Gasteiger partial charge in [0.2, 0.25) is 53.9 Å². The Kier molecular flexibility index (Phi) is 35.4. The zero-order chi connectivity index (χ0) is 80.4. The largest absolute Gasteiger partial charge is 0.378 e. The van der Waals surface area contributed by atoms with Crippen LogP contribution in [-0.2, 0) is 97.3 Å². The minimum Gasteiger partial charge on any atom is -0.378 e. The highest BCUT2D eigenvalue weighted by Gasteiger charge is 2.35. The molecular formula is C77H96Cl6N10O16S3. The highest BCUT2D eigenvalue weighted by atomic mass is 35.5. The second kappa shape index (κ2) is 44.0. The van der Waals surface area contributed by atoms with Crippen molar-refractivity contribution in [2.75, 3.05) is 159 Å². The van der Waals surface area contributed by atoms with Crippen molar-refractivity contribution in [2.45, 2.75) is 96.1 Å². The van der Waals surface area contributed by atoms with Gasteiger partial charge in [-0.15, -0.1) is 0 Å². The number of carbonyl (C=O) groups excluding carboxylic acids is 4. The van der Waals surface area contributed by atoms with Crippen molar-refractivity contribution in [1.29, 1.82) is 0 Å². The third-order valence-corrected chi connectivity index (χ3v) is 25.4. The molecule has 3 atom stereocenters. The van der Waals surface area contributed by atoms with Crippen LogP contribution >= 0.6 is 69.6 Å². The van der Waals surface area contributed by atoms with Crippen LogP contribution in [0.4, 0.5) is 0 Å². The quantitative estimate of drug-likeness (QED) is 0.0118. The van der Waals surface area contributed by atoms with Gasteiger partial charge in [-0.25, -0.2) is 44.2 Å². The Morgan fingerprint density at radius 1 is 0.411 bits per heavy atom. The van der Waals surface area contributed by atoms with Crippen LogP contribution in [0.1, 0.15) is 106 Å². The predicted octanol–water partition coefficient (Wildman–Crippen LogP) is 9.44. The van der Waals surface area contributed by atoms with Crippen LogP contribution in [0.5, 0.6) is 0 Å². The lowest BCUT2D eigenvalue weighted by molar-refractivity contribution is -0.121. The van der Waals surface area contributed by atoms with Gasteiger partial charge in [-0.1, -0.05) is 106 Å². The molecule has 3 aliphatic rings. The number of isocyanates is 1. The average molecular weight is 1730 g/mol. The molecular weight excluding hydrogens is 1630 g/mol. The standard InChI is InChI=1S/C77H96Cl6N10O16S3/c1-91-46-65(62-40-56(78)43-71(81)68(62)49-91)53-7-4-10-59(37-53)110(98,99)88-22-28-107-34-31-104-25-19-84-74(95)13-16-77(87-52-94,17-14-75(96)85-20-26-105-32-35-108-29-23-89-111(100,101)60-11-5-8-54(38-60)66-47-92(2)50-69-63(66)41-57(79)44-72(69)82)18-15-76(97)86-21-27-106-33-36-109-30-24-90-112(102,103)61-12-6-9-55(39-61)67-48-93(3)51-70-64(67)42-58(80)45-73(70)83/h4-12,37-45,65-67,88-90H,13-36,46-51H2,1-3H3,(H,84,95)(H,85,96)(H,86,97). The smallest absolute Gasteiger partial charge is 0.240 e. The summed E-state index contributed by atoms with van der Waals surface area (Å²) in [5.74, 6) is -1.67. The Balaban J connectivity index is 0.668. The number of nitrogens with one attached hydrogen (secondary N) is 6. The summed E-state index contributed by atoms with van der Waals surface area (Å²) >= 11 is 38.9. The van der Waals surface area contributed by atoms with Crippen molar-refractivity contribution < 1.29 is 72.9 Å². The predicted molar refractivity (Wildman–Crippen MR) is 431 cm³/mol. The molecule has 112 heavy (non-hydrogen) atoms. The SMILES string of the molecule is CN1Cc2c(Cl)cc(Cl)cc2C(c2cccc(S(=O)(=O)NCCOCCOCCNC(=O)CCC(CCC(=O)NCCOCCOCCNS(=O)(=O)c3cccc(C4CN(C)Cc5c(Cl)cc(Cl)cc54)c3)(CCC(=O)NCCOCCOCCNS(=O)(=O)c3cccc(C4CN(C)Cc5c(Cl)cc(Cl)cc54)c3)N=C=O)c2)C1. The third-order valence-electron chi connectivity index (χ3n) is 19.4. The molecule has 0 fully saturated rings. The number of hydrogen-bond donors (Lipinski definition) is 6. The Bertz CT molecular complexity index is 4170. The number of ether oxygens (including phenoxy) is 6. The number of benzene rings is 6. The Morgan fingerprint density at radius 2 is 0.679 bits per heavy atom. The first kappa shape index (κ1) is 90.1. The van der Waals surface area contributed by atoms with E-state index in [0.717, 1.165) is 50.1 Å². The molecule has 3 heterocycles. The maximum absolute atomic E-state index is 13.4. The lowest BCUT2D eigenvalue weighted by atomic mass is 9.84. The van der Waals surface area contributed by atoms with Gasteiger partial charge in [0.1, 0.15) is 0 Å². The normalized spacial score (nSPS) is 16.7. The van der Waals surface area contributed by atoms with E-state index in [4.69, 9.17) is 98.0 Å². The molecule has 9 rings (SSSR count). The van der Waals surface area contributed by atoms with Gasteiger partial charge in [-0.2, -0.15) is 4.99 Å². The molecule has 0 saturated heterocycles. The fourth-order valence-electron chi connectivity index (χ4n) is 13.8. The molecule has 3 amide bonds. The number of halogens is 6. The first-order valence-electron chi connectivity index (χ1n) is 36.8. The van der Waals surface area contributed by atoms with Gasteiger partial charge in [-0.05, 0) is 163 Å². The third kappa shape index (κ3) is 27.2. The first-order chi connectivity index (χ1) is 53.6. The number of carbonyl (C=O) groups is 3. The molecule has 6 N–H and O–H groups in total. The molecule has 0 aliphatic carbocycles. The van der Waals surface area contributed by atoms with Crippen molar-refractivity contribution in [3.63, 3.8) is 0 Å². The van der Waals surface area contributed by atoms with Crippen LogP contribution in [0, 0.1) is 0 Å². The van der Waals surface area contributed by atoms with Gasteiger partial charge in [0.05, 0.1) is 99.5 Å². The van der Waals surface area contributed by atoms with E-state index in [9.17, 15) is 44.4 Å². The molecule has 0 saturated carbocycles. The van der Waals surface area contributed by atoms with Crippen LogP contribution in [-0.4, -0.2) is 229 Å². The lowest BCUT2D eigenvalue weighted by Gasteiger charge is -2.33. The summed E-state index contributed by atoms with van der Waals surface area (Å²) < 4.78 is 122. The maximum Gasteiger partial charge on any atom is 0.240 e. The van der Waals surface area contributed by atoms with E-state index >= 15 is 0 Å². The summed E-state index contributed by atoms with van der Waals surface area (Å²) in [6, 6.07) is 31.1. The zero-order valence-corrected chi connectivity index (χ0v) is 69.6. The van der Waals surface area contributed by atoms with Gasteiger partial charge in [0, 0.05) is 146 Å². The molecule has 0 bridgehead atoms. The molecule has 6 aromatic rings. The Labute approximate surface area is 686 Å². The average Bonchev–Trinajstić information content (AvgIpc) is 0.781. The summed E-state index contributed by atoms with van der Waals surface area (Å²) in [7, 11) is -5.75. The van der Waals surface area contributed by atoms with Crippen LogP contribution in [0.25, 0.3) is 0 Å². The van der Waals surface area contributed by atoms with Crippen molar-refractivity contribution in [3.05, 3.63) is 189 Å². The van der Waals surface area contributed by atoms with Gasteiger partial charge >= 0.3 is 0 Å². The monoisotopic (exact) mass is 1720 g/mol. The molecule has 3 unspecified atom stereocenters. The fraction of sp³-hybridized carbons (Fsp3) is 0.481. The summed E-state index contributed by atoms with van der Waals surface area (Å²) in [6.07, 6.45) is 1.11. The van der Waals surface area contributed by atoms with Gasteiger partial charge in [0.15, 0.2) is 0 Å². The molecule has 6 aromatic carbocycles. The van der Waals surface area contributed by atoms with E-state index in [1.807, 2.05) is 57.5 Å². The number of fused-ring (bicyclic) bond motifs is 3. The highest BCUT2D eigenvalue weighted by molar-refractivity contribution is 7.90. The summed E-state index contributed by atoms with van der Waals surface area (Å²) in [6.45, 7) is 5.53. The van der Waals surface area contributed by atoms with E-state index in [0.29, 0.717) is 69.4 Å². The van der Waals surface area contributed by atoms with E-state index < -0.39 is 53.3 Å². The Morgan fingerprint density at radius 3 is 0.946 bits per heavy atom. The van der Waals surface area contributed by atoms with Gasteiger partial charge < -0.3 is 59.1 Å². The van der Waals surface area contributed by atoms with E-state index in [2.05, 4.69) is 49.8 Å². The zero-order valence-electron chi connectivity index (χ0n) is 62.7. The van der Waals surface area contributed by atoms with Crippen LogP contribution < -0.4 is 30.1 Å². The van der Waals surface area contributed by atoms with Gasteiger partial charge in [-0.3, -0.25) is 14.4 Å². The minimum absolute atomic E-state index is 0.00190. The second-order valence-electron chi connectivity index (χ2n) is 27.7. The number of hydrogen-bond acceptors (Lipinski definition) is 20. The van der Waals surface area contributed by atoms with E-state index in [1.165, 1.54) is 18.2 Å². The van der Waals surface area contributed by atoms with E-state index in [-0.39, 0.29) is 190 Å². The summed E-state index contributed by atoms with van der Waals surface area (Å²) in [5.41, 5.74) is 6.80. The molecule has 610 valence electrons. The summed E-state index contributed by atoms with van der Waals surface area (Å²) in [5, 5.41) is 11.5. The number of sulfonamides is 3. The summed E-state index contributed by atoms with van der Waals surface area (Å²) in [4.78, 5) is 62.7. The second-order valence-corrected chi connectivity index (χ2v) is 35.5. The first-order valence-corrected chi connectivity index (χ1v) is 43.5. The van der Waals surface area contributed by atoms with Crippen molar-refractivity contribution in [1.82, 2.24) is 44.8 Å². The van der Waals surface area contributed by atoms with Crippen molar-refractivity contribution in [3.8, 4) is 0 Å². The number of rotatable bonds is 46. The van der Waals surface area contributed by atoms with E-state index in [1.54, 1.807) is 60.7 Å². The highest BCUT2D eigenvalue weighted by Crippen LogP contribution is 2.43. The lowest BCUT2D eigenvalue weighted by Crippen LogP contribution is -2.36. The molecule has 0 radical (unpaired) electrons. The van der Waals surface area contributed by atoms with Crippen LogP contribution in [0.2, 0.25) is 30.1 Å². The minimum atomic E-state index is -3.90. The molecule has 35 heteroatoms. The molecule has 26 nitrogen and oxygen atoms in total. The number of nitrogens with zero attached hydrogens (tertiary/aromatic N) is 4. The molecule has 3 aliphatic heterocycles. The van der Waals surface area contributed by atoms with Gasteiger partial charge in [0.25, 0.3) is 0 Å². The van der Waals surface area contributed by atoms with Crippen molar-refractivity contribution >= 4 is 123 Å². The molecule has 0 aromatic heterocycles. The molecule has 0 spiro atoms.